The van der Waals surface area contributed by atoms with Crippen LogP contribution in [0.1, 0.15) is 33.1 Å². The van der Waals surface area contributed by atoms with E-state index >= 15 is 0 Å². The summed E-state index contributed by atoms with van der Waals surface area (Å²) < 4.78 is 22.5. The van der Waals surface area contributed by atoms with Gasteiger partial charge in [-0.2, -0.15) is 0 Å². The topological polar surface area (TPSA) is 63.2 Å². The van der Waals surface area contributed by atoms with Gasteiger partial charge in [0, 0.05) is 12.8 Å². The molecule has 0 atom stereocenters. The second-order valence-corrected chi connectivity index (χ2v) is 7.93. The third kappa shape index (κ3) is 4.99. The van der Waals surface area contributed by atoms with Crippen LogP contribution in [0.15, 0.2) is 0 Å². The third-order valence-electron chi connectivity index (χ3n) is 2.57. The number of carbonyl (C=O) groups is 1. The van der Waals surface area contributed by atoms with Crippen molar-refractivity contribution >= 4 is 38.3 Å². The second-order valence-electron chi connectivity index (χ2n) is 4.29. The van der Waals surface area contributed by atoms with Gasteiger partial charge in [0.1, 0.15) is 4.75 Å². The van der Waals surface area contributed by atoms with Crippen molar-refractivity contribution in [1.29, 1.82) is 0 Å². The Hall–Kier alpha value is 0.150. The summed E-state index contributed by atoms with van der Waals surface area (Å²) in [6.07, 6.45) is 4.17. The van der Waals surface area contributed by atoms with E-state index in [-0.39, 0.29) is 0 Å². The average Bonchev–Trinajstić information content (AvgIpc) is 2.15. The predicted molar refractivity (Wildman–Crippen MR) is 74.7 cm³/mol. The van der Waals surface area contributed by atoms with Gasteiger partial charge in [-0.25, -0.2) is 8.42 Å². The van der Waals surface area contributed by atoms with Crippen molar-refractivity contribution in [3.05, 3.63) is 0 Å². The van der Waals surface area contributed by atoms with Crippen LogP contribution in [-0.4, -0.2) is 36.3 Å². The van der Waals surface area contributed by atoms with E-state index < -0.39 is 20.5 Å². The van der Waals surface area contributed by atoms with Gasteiger partial charge in [-0.15, -0.1) is 0 Å². The maximum atomic E-state index is 11.7. The van der Waals surface area contributed by atoms with E-state index in [0.29, 0.717) is 6.54 Å². The average molecular weight is 361 g/mol. The van der Waals surface area contributed by atoms with Crippen molar-refractivity contribution in [2.45, 2.75) is 37.9 Å². The Bertz CT molecular complexity index is 325. The van der Waals surface area contributed by atoms with E-state index in [1.807, 2.05) is 0 Å². The molecule has 0 saturated heterocycles. The molecule has 0 radical (unpaired) electrons. The lowest BCUT2D eigenvalue weighted by Gasteiger charge is -2.21. The number of unbranched alkanes of at least 4 members (excludes halogenated alkanes) is 2. The van der Waals surface area contributed by atoms with Crippen LogP contribution in [0.2, 0.25) is 0 Å². The van der Waals surface area contributed by atoms with E-state index in [1.165, 1.54) is 13.8 Å². The molecule has 0 aliphatic heterocycles. The highest BCUT2D eigenvalue weighted by atomic mass is 127. The SMILES string of the molecule is CC(C)(C(=O)NCCCCCI)S(C)(=O)=O. The molecular formula is C10H20INO3S. The molecule has 1 N–H and O–H groups in total. The molecule has 0 bridgehead atoms. The Labute approximate surface area is 112 Å². The van der Waals surface area contributed by atoms with Crippen LogP contribution < -0.4 is 5.32 Å². The number of hydrogen-bond donors (Lipinski definition) is 1. The van der Waals surface area contributed by atoms with E-state index in [1.54, 1.807) is 0 Å². The Morgan fingerprint density at radius 2 is 1.81 bits per heavy atom. The summed E-state index contributed by atoms with van der Waals surface area (Å²) in [7, 11) is -3.36. The van der Waals surface area contributed by atoms with Crippen molar-refractivity contribution in [1.82, 2.24) is 5.32 Å². The van der Waals surface area contributed by atoms with Gasteiger partial charge in [-0.3, -0.25) is 4.79 Å². The van der Waals surface area contributed by atoms with Gasteiger partial charge in [-0.05, 0) is 31.1 Å². The quantitative estimate of drug-likeness (QED) is 0.425. The fourth-order valence-electron chi connectivity index (χ4n) is 0.979. The number of nitrogens with one attached hydrogen (secondary N) is 1. The molecule has 0 aromatic rings. The zero-order valence-electron chi connectivity index (χ0n) is 10.0. The van der Waals surface area contributed by atoms with Crippen molar-refractivity contribution in [2.24, 2.45) is 0 Å². The Balaban J connectivity index is 4.08. The molecule has 0 rings (SSSR count). The maximum absolute atomic E-state index is 11.7. The van der Waals surface area contributed by atoms with Crippen LogP contribution >= 0.6 is 22.6 Å². The summed E-state index contributed by atoms with van der Waals surface area (Å²) in [6, 6.07) is 0. The summed E-state index contributed by atoms with van der Waals surface area (Å²) in [5, 5.41) is 2.67. The van der Waals surface area contributed by atoms with Gasteiger partial charge in [0.05, 0.1) is 0 Å². The molecule has 0 aliphatic carbocycles. The summed E-state index contributed by atoms with van der Waals surface area (Å²) in [5.74, 6) is -0.413. The number of carbonyl (C=O) groups excluding carboxylic acids is 1. The van der Waals surface area contributed by atoms with Crippen molar-refractivity contribution in [2.75, 3.05) is 17.2 Å². The normalized spacial score (nSPS) is 12.5. The standard InChI is InChI=1S/C10H20INO3S/c1-10(2,16(3,14)15)9(13)12-8-6-4-5-7-11/h4-8H2,1-3H3,(H,12,13). The Morgan fingerprint density at radius 3 is 2.25 bits per heavy atom. The van der Waals surface area contributed by atoms with Crippen LogP contribution in [0.5, 0.6) is 0 Å². The largest absolute Gasteiger partial charge is 0.355 e. The maximum Gasteiger partial charge on any atom is 0.240 e. The van der Waals surface area contributed by atoms with Gasteiger partial charge < -0.3 is 5.32 Å². The van der Waals surface area contributed by atoms with Gasteiger partial charge in [0.15, 0.2) is 9.84 Å². The molecule has 1 amide bonds. The van der Waals surface area contributed by atoms with Crippen LogP contribution in [0.3, 0.4) is 0 Å². The summed E-state index contributed by atoms with van der Waals surface area (Å²) in [5.41, 5.74) is 0. The molecule has 4 nitrogen and oxygen atoms in total. The molecule has 0 aromatic carbocycles. The first kappa shape index (κ1) is 16.1. The number of halogens is 1. The van der Waals surface area contributed by atoms with Gasteiger partial charge in [-0.1, -0.05) is 29.0 Å². The van der Waals surface area contributed by atoms with Crippen molar-refractivity contribution < 1.29 is 13.2 Å². The Morgan fingerprint density at radius 1 is 1.25 bits per heavy atom. The van der Waals surface area contributed by atoms with Gasteiger partial charge >= 0.3 is 0 Å². The zero-order valence-corrected chi connectivity index (χ0v) is 13.0. The number of sulfone groups is 1. The monoisotopic (exact) mass is 361 g/mol. The number of alkyl halides is 1. The summed E-state index contributed by atoms with van der Waals surface area (Å²) in [4.78, 5) is 11.7. The summed E-state index contributed by atoms with van der Waals surface area (Å²) >= 11 is 2.31. The number of hydrogen-bond acceptors (Lipinski definition) is 3. The van der Waals surface area contributed by atoms with Gasteiger partial charge in [0.2, 0.25) is 5.91 Å². The number of amides is 1. The molecule has 0 heterocycles. The lowest BCUT2D eigenvalue weighted by Crippen LogP contribution is -2.47. The molecule has 0 unspecified atom stereocenters. The van der Waals surface area contributed by atoms with E-state index in [9.17, 15) is 13.2 Å². The molecule has 0 aromatic heterocycles. The van der Waals surface area contributed by atoms with Crippen LogP contribution in [0, 0.1) is 0 Å². The molecule has 16 heavy (non-hydrogen) atoms. The molecular weight excluding hydrogens is 341 g/mol. The first-order valence-corrected chi connectivity index (χ1v) is 8.69. The minimum absolute atomic E-state index is 0.413. The van der Waals surface area contributed by atoms with Crippen LogP contribution in [0.4, 0.5) is 0 Å². The first-order valence-electron chi connectivity index (χ1n) is 5.27. The lowest BCUT2D eigenvalue weighted by molar-refractivity contribution is -0.122. The second kappa shape index (κ2) is 6.78. The fourth-order valence-corrected chi connectivity index (χ4v) is 1.93. The van der Waals surface area contributed by atoms with E-state index in [4.69, 9.17) is 0 Å². The highest BCUT2D eigenvalue weighted by Crippen LogP contribution is 2.14. The smallest absolute Gasteiger partial charge is 0.240 e. The third-order valence-corrected chi connectivity index (χ3v) is 5.37. The Kier molecular flexibility index (Phi) is 6.84. The molecule has 0 spiro atoms. The van der Waals surface area contributed by atoms with Crippen molar-refractivity contribution in [3.63, 3.8) is 0 Å². The molecule has 96 valence electrons. The molecule has 0 aliphatic rings. The minimum atomic E-state index is -3.36. The first-order chi connectivity index (χ1) is 7.23. The van der Waals surface area contributed by atoms with Crippen LogP contribution in [-0.2, 0) is 14.6 Å². The zero-order chi connectivity index (χ0) is 12.8. The van der Waals surface area contributed by atoms with Crippen LogP contribution in [0.25, 0.3) is 0 Å². The minimum Gasteiger partial charge on any atom is -0.355 e. The molecule has 6 heteroatoms. The highest BCUT2D eigenvalue weighted by Gasteiger charge is 2.37. The lowest BCUT2D eigenvalue weighted by atomic mass is 10.2. The van der Waals surface area contributed by atoms with Gasteiger partial charge in [0.25, 0.3) is 0 Å². The molecule has 0 fully saturated rings. The van der Waals surface area contributed by atoms with E-state index in [2.05, 4.69) is 27.9 Å². The predicted octanol–water partition coefficient (Wildman–Crippen LogP) is 1.53. The molecule has 0 saturated carbocycles. The van der Waals surface area contributed by atoms with Crippen molar-refractivity contribution in [3.8, 4) is 0 Å². The number of rotatable bonds is 7. The fraction of sp³-hybridized carbons (Fsp3) is 0.900. The van der Waals surface area contributed by atoms with E-state index in [0.717, 1.165) is 29.9 Å². The summed E-state index contributed by atoms with van der Waals surface area (Å²) in [6.45, 7) is 3.42. The highest BCUT2D eigenvalue weighted by molar-refractivity contribution is 14.1.